The highest BCUT2D eigenvalue weighted by Crippen LogP contribution is 2.29. The van der Waals surface area contributed by atoms with E-state index in [-0.39, 0.29) is 11.1 Å². The van der Waals surface area contributed by atoms with Gasteiger partial charge >= 0.3 is 5.97 Å². The molecular weight excluding hydrogens is 282 g/mol. The van der Waals surface area contributed by atoms with E-state index < -0.39 is 12.3 Å². The normalized spacial score (nSPS) is 18.4. The van der Waals surface area contributed by atoms with E-state index >= 15 is 0 Å². The van der Waals surface area contributed by atoms with E-state index in [2.05, 4.69) is 5.32 Å². The first-order valence-corrected chi connectivity index (χ1v) is 6.56. The number of halogens is 1. The topological polar surface area (TPSA) is 56.8 Å². The lowest BCUT2D eigenvalue weighted by Crippen LogP contribution is -2.23. The van der Waals surface area contributed by atoms with Crippen molar-refractivity contribution >= 4 is 23.3 Å². The number of ether oxygens (including phenoxy) is 3. The summed E-state index contributed by atoms with van der Waals surface area (Å²) >= 11 is 5.95. The molecule has 1 aromatic rings. The third kappa shape index (κ3) is 3.23. The number of hydrogen-bond acceptors (Lipinski definition) is 5. The van der Waals surface area contributed by atoms with Crippen molar-refractivity contribution < 1.29 is 19.0 Å². The van der Waals surface area contributed by atoms with Gasteiger partial charge in [0, 0.05) is 5.69 Å². The average Bonchev–Trinajstić information content (AvgIpc) is 2.67. The molecule has 1 aliphatic heterocycles. The lowest BCUT2D eigenvalue weighted by Gasteiger charge is -2.18. The summed E-state index contributed by atoms with van der Waals surface area (Å²) in [6.45, 7) is 3.70. The molecule has 20 heavy (non-hydrogen) atoms. The standard InChI is InChI=1S/C14H16ClNO4/c1-8(2)19-14-12(11(15)13(17)20-14)16-9-4-6-10(18-3)7-5-9/h4-8,14,16H,1-3H3/t14-/m1/s1. The fourth-order valence-corrected chi connectivity index (χ4v) is 1.89. The Hall–Kier alpha value is -1.72. The highest BCUT2D eigenvalue weighted by molar-refractivity contribution is 6.42. The fraction of sp³-hybridized carbons (Fsp3) is 0.357. The maximum atomic E-state index is 11.5. The van der Waals surface area contributed by atoms with Gasteiger partial charge in [-0.15, -0.1) is 0 Å². The zero-order valence-electron chi connectivity index (χ0n) is 11.5. The van der Waals surface area contributed by atoms with Gasteiger partial charge in [0.25, 0.3) is 0 Å². The van der Waals surface area contributed by atoms with Crippen LogP contribution < -0.4 is 10.1 Å². The molecule has 1 atom stereocenters. The number of carbonyl (C=O) groups excluding carboxylic acids is 1. The molecule has 0 aromatic heterocycles. The van der Waals surface area contributed by atoms with Gasteiger partial charge in [0.2, 0.25) is 6.29 Å². The largest absolute Gasteiger partial charge is 0.497 e. The minimum Gasteiger partial charge on any atom is -0.497 e. The van der Waals surface area contributed by atoms with Crippen molar-refractivity contribution in [1.82, 2.24) is 0 Å². The van der Waals surface area contributed by atoms with Gasteiger partial charge in [0.1, 0.15) is 11.4 Å². The van der Waals surface area contributed by atoms with Crippen LogP contribution in [-0.2, 0) is 14.3 Å². The van der Waals surface area contributed by atoms with Crippen molar-refractivity contribution in [3.8, 4) is 5.75 Å². The van der Waals surface area contributed by atoms with Crippen LogP contribution in [-0.4, -0.2) is 25.5 Å². The van der Waals surface area contributed by atoms with Crippen LogP contribution in [0.4, 0.5) is 5.69 Å². The van der Waals surface area contributed by atoms with E-state index in [9.17, 15) is 4.79 Å². The van der Waals surface area contributed by atoms with Crippen molar-refractivity contribution in [3.63, 3.8) is 0 Å². The number of hydrogen-bond donors (Lipinski definition) is 1. The highest BCUT2D eigenvalue weighted by Gasteiger charge is 2.34. The van der Waals surface area contributed by atoms with Crippen molar-refractivity contribution in [1.29, 1.82) is 0 Å². The predicted molar refractivity (Wildman–Crippen MR) is 75.6 cm³/mol. The first kappa shape index (κ1) is 14.7. The van der Waals surface area contributed by atoms with Crippen LogP contribution in [0.2, 0.25) is 0 Å². The summed E-state index contributed by atoms with van der Waals surface area (Å²) in [6, 6.07) is 7.22. The van der Waals surface area contributed by atoms with Gasteiger partial charge in [-0.3, -0.25) is 0 Å². The second-order valence-electron chi connectivity index (χ2n) is 4.50. The van der Waals surface area contributed by atoms with Crippen LogP contribution >= 0.6 is 11.6 Å². The summed E-state index contributed by atoms with van der Waals surface area (Å²) in [6.07, 6.45) is -0.903. The molecule has 6 heteroatoms. The van der Waals surface area contributed by atoms with Gasteiger partial charge in [0.05, 0.1) is 13.2 Å². The summed E-state index contributed by atoms with van der Waals surface area (Å²) in [4.78, 5) is 11.5. The van der Waals surface area contributed by atoms with Gasteiger partial charge in [-0.25, -0.2) is 4.79 Å². The third-order valence-corrected chi connectivity index (χ3v) is 2.99. The molecule has 108 valence electrons. The molecule has 0 saturated carbocycles. The molecule has 5 nitrogen and oxygen atoms in total. The number of cyclic esters (lactones) is 1. The molecule has 0 fully saturated rings. The monoisotopic (exact) mass is 297 g/mol. The van der Waals surface area contributed by atoms with Crippen molar-refractivity contribution in [2.24, 2.45) is 0 Å². The van der Waals surface area contributed by atoms with Crippen LogP contribution in [0.3, 0.4) is 0 Å². The Balaban J connectivity index is 2.17. The molecule has 1 aliphatic rings. The smallest absolute Gasteiger partial charge is 0.354 e. The molecular formula is C14H16ClNO4. The van der Waals surface area contributed by atoms with E-state index in [0.717, 1.165) is 11.4 Å². The predicted octanol–water partition coefficient (Wildman–Crippen LogP) is 2.87. The maximum absolute atomic E-state index is 11.5. The Morgan fingerprint density at radius 3 is 2.50 bits per heavy atom. The minimum absolute atomic E-state index is 0.00599. The number of benzene rings is 1. The van der Waals surface area contributed by atoms with Crippen molar-refractivity contribution in [3.05, 3.63) is 35.0 Å². The Labute approximate surface area is 122 Å². The summed E-state index contributed by atoms with van der Waals surface area (Å²) in [7, 11) is 1.60. The van der Waals surface area contributed by atoms with E-state index in [4.69, 9.17) is 25.8 Å². The Morgan fingerprint density at radius 2 is 1.95 bits per heavy atom. The molecule has 1 N–H and O–H groups in total. The summed E-state index contributed by atoms with van der Waals surface area (Å²) in [5.74, 6) is 0.151. The van der Waals surface area contributed by atoms with Gasteiger partial charge in [-0.05, 0) is 38.1 Å². The van der Waals surface area contributed by atoms with Gasteiger partial charge < -0.3 is 19.5 Å². The summed E-state index contributed by atoms with van der Waals surface area (Å²) in [5, 5.41) is 3.06. The van der Waals surface area contributed by atoms with Crippen molar-refractivity contribution in [2.75, 3.05) is 12.4 Å². The van der Waals surface area contributed by atoms with Gasteiger partial charge in [-0.2, -0.15) is 0 Å². The molecule has 2 rings (SSSR count). The van der Waals surface area contributed by atoms with E-state index in [1.54, 1.807) is 19.2 Å². The first-order valence-electron chi connectivity index (χ1n) is 6.18. The number of anilines is 1. The average molecular weight is 298 g/mol. The molecule has 0 aliphatic carbocycles. The summed E-state index contributed by atoms with van der Waals surface area (Å²) < 4.78 is 15.7. The lowest BCUT2D eigenvalue weighted by molar-refractivity contribution is -0.165. The zero-order valence-corrected chi connectivity index (χ0v) is 12.2. The molecule has 0 radical (unpaired) electrons. The lowest BCUT2D eigenvalue weighted by atomic mass is 10.3. The SMILES string of the molecule is COc1ccc(NC2=C(Cl)C(=O)O[C@H]2OC(C)C)cc1. The van der Waals surface area contributed by atoms with E-state index in [0.29, 0.717) is 5.70 Å². The zero-order chi connectivity index (χ0) is 14.7. The first-order chi connectivity index (χ1) is 9.51. The Morgan fingerprint density at radius 1 is 1.30 bits per heavy atom. The molecule has 0 spiro atoms. The Bertz CT molecular complexity index is 524. The van der Waals surface area contributed by atoms with Gasteiger partial charge in [0.15, 0.2) is 5.03 Å². The van der Waals surface area contributed by atoms with Gasteiger partial charge in [-0.1, -0.05) is 11.6 Å². The number of rotatable bonds is 5. The molecule has 0 unspecified atom stereocenters. The van der Waals surface area contributed by atoms with Crippen LogP contribution in [0.1, 0.15) is 13.8 Å². The van der Waals surface area contributed by atoms with Crippen LogP contribution in [0.15, 0.2) is 35.0 Å². The number of nitrogens with one attached hydrogen (secondary N) is 1. The number of methoxy groups -OCH3 is 1. The summed E-state index contributed by atoms with van der Waals surface area (Å²) in [5.41, 5.74) is 1.17. The molecule has 1 heterocycles. The minimum atomic E-state index is -0.808. The molecule has 1 aromatic carbocycles. The Kier molecular flexibility index (Phi) is 4.52. The van der Waals surface area contributed by atoms with E-state index in [1.165, 1.54) is 0 Å². The molecule has 0 bridgehead atoms. The molecule has 0 saturated heterocycles. The van der Waals surface area contributed by atoms with E-state index in [1.807, 2.05) is 26.0 Å². The molecule has 0 amide bonds. The van der Waals surface area contributed by atoms with Crippen LogP contribution in [0.25, 0.3) is 0 Å². The third-order valence-electron chi connectivity index (χ3n) is 2.63. The maximum Gasteiger partial charge on any atom is 0.354 e. The fourth-order valence-electron chi connectivity index (χ4n) is 1.71. The number of carbonyl (C=O) groups is 1. The highest BCUT2D eigenvalue weighted by atomic mass is 35.5. The second kappa shape index (κ2) is 6.15. The quantitative estimate of drug-likeness (QED) is 0.847. The number of esters is 1. The van der Waals surface area contributed by atoms with Crippen LogP contribution in [0.5, 0.6) is 5.75 Å². The van der Waals surface area contributed by atoms with Crippen molar-refractivity contribution in [2.45, 2.75) is 26.2 Å². The van der Waals surface area contributed by atoms with Crippen LogP contribution in [0, 0.1) is 0 Å². The second-order valence-corrected chi connectivity index (χ2v) is 4.88.